The highest BCUT2D eigenvalue weighted by Gasteiger charge is 2.19. The van der Waals surface area contributed by atoms with Gasteiger partial charge in [-0.3, -0.25) is 0 Å². The van der Waals surface area contributed by atoms with E-state index in [4.69, 9.17) is 15.2 Å². The lowest BCUT2D eigenvalue weighted by molar-refractivity contribution is 0.217. The van der Waals surface area contributed by atoms with E-state index in [1.807, 2.05) is 29.8 Å². The van der Waals surface area contributed by atoms with Crippen LogP contribution in [0.5, 0.6) is 11.5 Å². The van der Waals surface area contributed by atoms with Crippen molar-refractivity contribution in [2.75, 3.05) is 64.4 Å². The molecule has 0 amide bonds. The Morgan fingerprint density at radius 1 is 1.19 bits per heavy atom. The molecule has 1 aliphatic rings. The van der Waals surface area contributed by atoms with Crippen LogP contribution < -0.4 is 20.1 Å². The van der Waals surface area contributed by atoms with Crippen LogP contribution in [-0.2, 0) is 6.54 Å². The van der Waals surface area contributed by atoms with Gasteiger partial charge in [-0.25, -0.2) is 9.98 Å². The van der Waals surface area contributed by atoms with Crippen LogP contribution in [0.25, 0.3) is 0 Å². The number of anilines is 1. The second-order valence-electron chi connectivity index (χ2n) is 7.32. The van der Waals surface area contributed by atoms with Crippen molar-refractivity contribution in [3.63, 3.8) is 0 Å². The van der Waals surface area contributed by atoms with Crippen molar-refractivity contribution >= 4 is 22.4 Å². The summed E-state index contributed by atoms with van der Waals surface area (Å²) in [7, 11) is 1.66. The lowest BCUT2D eigenvalue weighted by Gasteiger charge is -2.35. The van der Waals surface area contributed by atoms with Crippen molar-refractivity contribution in [1.82, 2.24) is 14.8 Å². The van der Waals surface area contributed by atoms with Crippen LogP contribution in [0.1, 0.15) is 19.4 Å². The average molecular weight is 447 g/mol. The number of nitrogens with two attached hydrogens (primary N) is 1. The smallest absolute Gasteiger partial charge is 0.191 e. The molecule has 1 aromatic carbocycles. The second-order valence-corrected chi connectivity index (χ2v) is 8.20. The highest BCUT2D eigenvalue weighted by Crippen LogP contribution is 2.28. The minimum absolute atomic E-state index is 0.509. The zero-order valence-corrected chi connectivity index (χ0v) is 19.6. The molecular weight excluding hydrogens is 412 g/mol. The zero-order chi connectivity index (χ0) is 22.1. The van der Waals surface area contributed by atoms with E-state index in [0.29, 0.717) is 19.1 Å². The van der Waals surface area contributed by atoms with Crippen LogP contribution in [0.15, 0.2) is 34.8 Å². The van der Waals surface area contributed by atoms with Gasteiger partial charge in [-0.1, -0.05) is 19.9 Å². The van der Waals surface area contributed by atoms with Gasteiger partial charge >= 0.3 is 0 Å². The van der Waals surface area contributed by atoms with Crippen LogP contribution >= 0.6 is 11.3 Å². The van der Waals surface area contributed by atoms with E-state index >= 15 is 0 Å². The quantitative estimate of drug-likeness (QED) is 0.444. The number of piperazine rings is 1. The molecule has 2 N–H and O–H groups in total. The van der Waals surface area contributed by atoms with E-state index in [-0.39, 0.29) is 0 Å². The Kier molecular flexibility index (Phi) is 8.78. The summed E-state index contributed by atoms with van der Waals surface area (Å²) in [4.78, 5) is 15.7. The van der Waals surface area contributed by atoms with E-state index in [2.05, 4.69) is 38.5 Å². The van der Waals surface area contributed by atoms with Crippen LogP contribution in [0.4, 0.5) is 5.13 Å². The molecule has 31 heavy (non-hydrogen) atoms. The molecule has 0 atom stereocenters. The fourth-order valence-electron chi connectivity index (χ4n) is 3.53. The first kappa shape index (κ1) is 23.1. The SMILES string of the molecule is CCN(CC)CCOc1ccc(CN=C(N)N2CCN(c3nccs3)CC2)cc1OC. The molecular formula is C22H34N6O2S. The number of ether oxygens (including phenoxy) is 2. The molecule has 1 aromatic heterocycles. The van der Waals surface area contributed by atoms with Crippen LogP contribution in [0, 0.1) is 0 Å². The molecule has 0 saturated carbocycles. The molecule has 0 unspecified atom stereocenters. The van der Waals surface area contributed by atoms with Gasteiger partial charge in [0.25, 0.3) is 0 Å². The summed E-state index contributed by atoms with van der Waals surface area (Å²) in [6.45, 7) is 11.9. The molecule has 2 aromatic rings. The standard InChI is InChI=1S/C22H34N6O2S/c1-4-26(5-2)13-14-30-19-7-6-18(16-20(19)29-3)17-25-21(23)27-9-11-28(12-10-27)22-24-8-15-31-22/h6-8,15-16H,4-5,9-14,17H2,1-3H3,(H2,23,25). The van der Waals surface area contributed by atoms with Gasteiger partial charge in [-0.15, -0.1) is 11.3 Å². The predicted octanol–water partition coefficient (Wildman–Crippen LogP) is 2.51. The lowest BCUT2D eigenvalue weighted by atomic mass is 10.2. The Balaban J connectivity index is 1.51. The fraction of sp³-hybridized carbons (Fsp3) is 0.545. The monoisotopic (exact) mass is 446 g/mol. The van der Waals surface area contributed by atoms with Crippen LogP contribution in [-0.4, -0.2) is 80.3 Å². The van der Waals surface area contributed by atoms with Gasteiger partial charge < -0.3 is 29.9 Å². The Labute approximate surface area is 189 Å². The van der Waals surface area contributed by atoms with Crippen molar-refractivity contribution in [2.24, 2.45) is 10.7 Å². The Hall–Kier alpha value is -2.52. The maximum Gasteiger partial charge on any atom is 0.191 e. The summed E-state index contributed by atoms with van der Waals surface area (Å²) >= 11 is 1.67. The Bertz CT molecular complexity index is 817. The maximum absolute atomic E-state index is 6.27. The van der Waals surface area contributed by atoms with E-state index < -0.39 is 0 Å². The molecule has 0 aliphatic carbocycles. The molecule has 0 spiro atoms. The third-order valence-electron chi connectivity index (χ3n) is 5.50. The summed E-state index contributed by atoms with van der Waals surface area (Å²) in [5, 5.41) is 3.08. The molecule has 8 nitrogen and oxygen atoms in total. The van der Waals surface area contributed by atoms with E-state index in [0.717, 1.165) is 68.0 Å². The minimum atomic E-state index is 0.509. The second kappa shape index (κ2) is 11.8. The minimum Gasteiger partial charge on any atom is -0.493 e. The van der Waals surface area contributed by atoms with Gasteiger partial charge in [0.05, 0.1) is 13.7 Å². The van der Waals surface area contributed by atoms with Gasteiger partial charge in [-0.05, 0) is 30.8 Å². The number of hydrogen-bond donors (Lipinski definition) is 1. The number of rotatable bonds is 10. The molecule has 3 rings (SSSR count). The van der Waals surface area contributed by atoms with E-state index in [1.54, 1.807) is 18.4 Å². The van der Waals surface area contributed by atoms with E-state index in [9.17, 15) is 0 Å². The molecule has 2 heterocycles. The van der Waals surface area contributed by atoms with Gasteiger partial charge in [0, 0.05) is 44.3 Å². The van der Waals surface area contributed by atoms with Crippen molar-refractivity contribution in [3.8, 4) is 11.5 Å². The average Bonchev–Trinajstić information content (AvgIpc) is 3.36. The summed E-state index contributed by atoms with van der Waals surface area (Å²) in [6.07, 6.45) is 1.85. The molecule has 1 saturated heterocycles. The van der Waals surface area contributed by atoms with Gasteiger partial charge in [0.15, 0.2) is 22.6 Å². The zero-order valence-electron chi connectivity index (χ0n) is 18.8. The van der Waals surface area contributed by atoms with Crippen molar-refractivity contribution in [2.45, 2.75) is 20.4 Å². The van der Waals surface area contributed by atoms with Gasteiger partial charge in [0.1, 0.15) is 6.61 Å². The summed E-state index contributed by atoms with van der Waals surface area (Å²) < 4.78 is 11.5. The number of methoxy groups -OCH3 is 1. The molecule has 1 fully saturated rings. The first-order chi connectivity index (χ1) is 15.1. The third kappa shape index (κ3) is 6.48. The Morgan fingerprint density at radius 3 is 2.61 bits per heavy atom. The number of thiazole rings is 1. The van der Waals surface area contributed by atoms with Gasteiger partial charge in [0.2, 0.25) is 0 Å². The number of hydrogen-bond acceptors (Lipinski definition) is 7. The number of guanidine groups is 1. The molecule has 0 bridgehead atoms. The lowest BCUT2D eigenvalue weighted by Crippen LogP contribution is -2.51. The molecule has 1 aliphatic heterocycles. The summed E-state index contributed by atoms with van der Waals surface area (Å²) in [5.74, 6) is 2.06. The van der Waals surface area contributed by atoms with Crippen molar-refractivity contribution in [1.29, 1.82) is 0 Å². The van der Waals surface area contributed by atoms with Crippen LogP contribution in [0.3, 0.4) is 0 Å². The van der Waals surface area contributed by atoms with Gasteiger partial charge in [-0.2, -0.15) is 0 Å². The summed E-state index contributed by atoms with van der Waals surface area (Å²) in [5.41, 5.74) is 7.30. The van der Waals surface area contributed by atoms with Crippen molar-refractivity contribution < 1.29 is 9.47 Å². The number of benzene rings is 1. The maximum atomic E-state index is 6.27. The number of likely N-dealkylation sites (N-methyl/N-ethyl adjacent to an activating group) is 1. The largest absolute Gasteiger partial charge is 0.493 e. The number of aliphatic imine (C=N–C) groups is 1. The third-order valence-corrected chi connectivity index (χ3v) is 6.34. The first-order valence-corrected chi connectivity index (χ1v) is 11.7. The topological polar surface area (TPSA) is 79.5 Å². The highest BCUT2D eigenvalue weighted by molar-refractivity contribution is 7.13. The number of aromatic nitrogens is 1. The fourth-order valence-corrected chi connectivity index (χ4v) is 4.22. The molecule has 170 valence electrons. The van der Waals surface area contributed by atoms with Crippen LogP contribution in [0.2, 0.25) is 0 Å². The Morgan fingerprint density at radius 2 is 1.97 bits per heavy atom. The first-order valence-electron chi connectivity index (χ1n) is 10.9. The molecule has 9 heteroatoms. The highest BCUT2D eigenvalue weighted by atomic mass is 32.1. The molecule has 0 radical (unpaired) electrons. The normalized spacial score (nSPS) is 14.9. The predicted molar refractivity (Wildman–Crippen MR) is 128 cm³/mol. The number of nitrogens with zero attached hydrogens (tertiary/aromatic N) is 5. The van der Waals surface area contributed by atoms with Crippen molar-refractivity contribution in [3.05, 3.63) is 35.3 Å². The summed E-state index contributed by atoms with van der Waals surface area (Å²) in [6, 6.07) is 5.95. The van der Waals surface area contributed by atoms with E-state index in [1.165, 1.54) is 0 Å².